The first-order chi connectivity index (χ1) is 9.38. The molecule has 2 rings (SSSR count). The molecule has 0 saturated carbocycles. The molecule has 2 N–H and O–H groups in total. The van der Waals surface area contributed by atoms with Gasteiger partial charge in [-0.15, -0.1) is 0 Å². The Labute approximate surface area is 114 Å². The van der Waals surface area contributed by atoms with E-state index in [4.69, 9.17) is 0 Å². The van der Waals surface area contributed by atoms with Gasteiger partial charge in [0.05, 0.1) is 0 Å². The summed E-state index contributed by atoms with van der Waals surface area (Å²) in [6, 6.07) is 14.4. The van der Waals surface area contributed by atoms with Crippen LogP contribution in [-0.2, 0) is 13.1 Å². The highest BCUT2D eigenvalue weighted by Gasteiger charge is 1.97. The van der Waals surface area contributed by atoms with Gasteiger partial charge in [0.2, 0.25) is 0 Å². The Morgan fingerprint density at radius 1 is 1.05 bits per heavy atom. The van der Waals surface area contributed by atoms with E-state index in [0.717, 1.165) is 25.6 Å². The molecule has 100 valence electrons. The molecular weight excluding hydrogens is 236 g/mol. The molecule has 2 aromatic rings. The lowest BCUT2D eigenvalue weighted by Gasteiger charge is -2.12. The summed E-state index contributed by atoms with van der Waals surface area (Å²) >= 11 is 0. The zero-order valence-electron chi connectivity index (χ0n) is 11.2. The fourth-order valence-electron chi connectivity index (χ4n) is 1.82. The van der Waals surface area contributed by atoms with E-state index in [0.29, 0.717) is 0 Å². The number of rotatable bonds is 5. The minimum Gasteiger partial charge on any atom is -0.355 e. The van der Waals surface area contributed by atoms with Crippen molar-refractivity contribution < 1.29 is 0 Å². The first-order valence-corrected chi connectivity index (χ1v) is 6.47. The molecule has 0 aliphatic rings. The predicted molar refractivity (Wildman–Crippen MR) is 79.1 cm³/mol. The van der Waals surface area contributed by atoms with Crippen LogP contribution in [0.15, 0.2) is 59.9 Å². The molecule has 0 amide bonds. The predicted octanol–water partition coefficient (Wildman–Crippen LogP) is 1.85. The summed E-state index contributed by atoms with van der Waals surface area (Å²) in [6.45, 7) is 2.56. The molecule has 0 aliphatic heterocycles. The van der Waals surface area contributed by atoms with Gasteiger partial charge >= 0.3 is 0 Å². The van der Waals surface area contributed by atoms with Crippen molar-refractivity contribution >= 4 is 5.96 Å². The number of aromatic nitrogens is 1. The number of hydrogen-bond donors (Lipinski definition) is 2. The van der Waals surface area contributed by atoms with Gasteiger partial charge in [0.15, 0.2) is 5.96 Å². The van der Waals surface area contributed by atoms with E-state index < -0.39 is 0 Å². The molecule has 1 aromatic carbocycles. The molecule has 0 aliphatic carbocycles. The van der Waals surface area contributed by atoms with E-state index in [1.807, 2.05) is 30.3 Å². The summed E-state index contributed by atoms with van der Waals surface area (Å²) in [5.74, 6) is 0.830. The van der Waals surface area contributed by atoms with E-state index in [1.165, 1.54) is 5.56 Å². The second kappa shape index (κ2) is 7.26. The number of nitrogens with zero attached hydrogens (tertiary/aromatic N) is 2. The average molecular weight is 256 g/mol. The van der Waals surface area contributed by atoms with Gasteiger partial charge in [0.25, 0.3) is 0 Å². The van der Waals surface area contributed by atoms with Gasteiger partial charge in [-0.05, 0) is 17.7 Å². The van der Waals surface area contributed by atoms with Crippen LogP contribution in [0.4, 0.5) is 0 Å². The molecule has 0 radical (unpaired) electrons. The number of benzene rings is 1. The summed E-state index contributed by atoms with van der Waals surface area (Å²) in [7, 11) is 1.79. The van der Waals surface area contributed by atoms with E-state index >= 15 is 0 Å². The van der Waals surface area contributed by atoms with Crippen molar-refractivity contribution in [1.29, 1.82) is 0 Å². The molecule has 1 aromatic heterocycles. The van der Waals surface area contributed by atoms with Gasteiger partial charge in [-0.25, -0.2) is 0 Å². The quantitative estimate of drug-likeness (QED) is 0.633. The summed E-state index contributed by atoms with van der Waals surface area (Å²) in [6.07, 6.45) is 4.11. The van der Waals surface area contributed by atoms with Gasteiger partial charge in [-0.3, -0.25) is 4.99 Å². The fraction of sp³-hybridized carbons (Fsp3) is 0.267. The highest BCUT2D eigenvalue weighted by atomic mass is 15.2. The molecule has 1 heterocycles. The highest BCUT2D eigenvalue weighted by molar-refractivity contribution is 5.79. The van der Waals surface area contributed by atoms with Gasteiger partial charge in [0.1, 0.15) is 0 Å². The number of nitrogens with one attached hydrogen (secondary N) is 2. The highest BCUT2D eigenvalue weighted by Crippen LogP contribution is 1.96. The first kappa shape index (κ1) is 13.2. The SMILES string of the molecule is CN=C(NCCn1cccc1)NCc1ccccc1. The molecule has 4 nitrogen and oxygen atoms in total. The average Bonchev–Trinajstić information content (AvgIpc) is 2.97. The molecular formula is C15H20N4. The van der Waals surface area contributed by atoms with Crippen molar-refractivity contribution in [2.45, 2.75) is 13.1 Å². The topological polar surface area (TPSA) is 41.4 Å². The van der Waals surface area contributed by atoms with E-state index in [2.05, 4.69) is 44.7 Å². The van der Waals surface area contributed by atoms with Crippen molar-refractivity contribution in [3.05, 3.63) is 60.4 Å². The van der Waals surface area contributed by atoms with Crippen LogP contribution in [0, 0.1) is 0 Å². The van der Waals surface area contributed by atoms with Crippen molar-refractivity contribution in [2.75, 3.05) is 13.6 Å². The van der Waals surface area contributed by atoms with E-state index in [1.54, 1.807) is 7.05 Å². The van der Waals surface area contributed by atoms with Gasteiger partial charge < -0.3 is 15.2 Å². The molecule has 0 unspecified atom stereocenters. The Hall–Kier alpha value is -2.23. The van der Waals surface area contributed by atoms with Crippen LogP contribution >= 0.6 is 0 Å². The summed E-state index contributed by atoms with van der Waals surface area (Å²) in [5.41, 5.74) is 1.25. The second-order valence-corrected chi connectivity index (χ2v) is 4.26. The lowest BCUT2D eigenvalue weighted by molar-refractivity contribution is 0.665. The van der Waals surface area contributed by atoms with E-state index in [9.17, 15) is 0 Å². The maximum Gasteiger partial charge on any atom is 0.191 e. The van der Waals surface area contributed by atoms with Crippen LogP contribution in [0.2, 0.25) is 0 Å². The van der Waals surface area contributed by atoms with Crippen molar-refractivity contribution in [3.8, 4) is 0 Å². The largest absolute Gasteiger partial charge is 0.355 e. The Balaban J connectivity index is 1.72. The minimum absolute atomic E-state index is 0.782. The summed E-state index contributed by atoms with van der Waals surface area (Å²) in [4.78, 5) is 4.21. The van der Waals surface area contributed by atoms with Crippen LogP contribution < -0.4 is 10.6 Å². The lowest BCUT2D eigenvalue weighted by Crippen LogP contribution is -2.38. The second-order valence-electron chi connectivity index (χ2n) is 4.26. The molecule has 0 saturated heterocycles. The van der Waals surface area contributed by atoms with Gasteiger partial charge in [0, 0.05) is 39.1 Å². The molecule has 0 spiro atoms. The van der Waals surface area contributed by atoms with Crippen molar-refractivity contribution in [2.24, 2.45) is 4.99 Å². The lowest BCUT2D eigenvalue weighted by atomic mass is 10.2. The van der Waals surface area contributed by atoms with Gasteiger partial charge in [-0.1, -0.05) is 30.3 Å². The van der Waals surface area contributed by atoms with Crippen LogP contribution in [0.3, 0.4) is 0 Å². The Kier molecular flexibility index (Phi) is 5.05. The molecule has 19 heavy (non-hydrogen) atoms. The Morgan fingerprint density at radius 3 is 2.47 bits per heavy atom. The standard InChI is InChI=1S/C15H20N4/c1-16-15(17-9-12-19-10-5-6-11-19)18-13-14-7-3-2-4-8-14/h2-8,10-11H,9,12-13H2,1H3,(H2,16,17,18). The normalized spacial score (nSPS) is 11.3. The van der Waals surface area contributed by atoms with E-state index in [-0.39, 0.29) is 0 Å². The fourth-order valence-corrected chi connectivity index (χ4v) is 1.82. The Morgan fingerprint density at radius 2 is 1.79 bits per heavy atom. The zero-order chi connectivity index (χ0) is 13.3. The summed E-state index contributed by atoms with van der Waals surface area (Å²) in [5, 5.41) is 6.59. The minimum atomic E-state index is 0.782. The third kappa shape index (κ3) is 4.50. The number of guanidine groups is 1. The zero-order valence-corrected chi connectivity index (χ0v) is 11.2. The molecule has 4 heteroatoms. The third-order valence-corrected chi connectivity index (χ3v) is 2.86. The van der Waals surface area contributed by atoms with Crippen LogP contribution in [0.1, 0.15) is 5.56 Å². The van der Waals surface area contributed by atoms with Crippen molar-refractivity contribution in [3.63, 3.8) is 0 Å². The molecule has 0 fully saturated rings. The monoisotopic (exact) mass is 256 g/mol. The van der Waals surface area contributed by atoms with Crippen LogP contribution in [0.25, 0.3) is 0 Å². The smallest absolute Gasteiger partial charge is 0.191 e. The van der Waals surface area contributed by atoms with Gasteiger partial charge in [-0.2, -0.15) is 0 Å². The molecule has 0 atom stereocenters. The number of hydrogen-bond acceptors (Lipinski definition) is 1. The molecule has 0 bridgehead atoms. The van der Waals surface area contributed by atoms with Crippen molar-refractivity contribution in [1.82, 2.24) is 15.2 Å². The van der Waals surface area contributed by atoms with Crippen LogP contribution in [-0.4, -0.2) is 24.1 Å². The third-order valence-electron chi connectivity index (χ3n) is 2.86. The summed E-state index contributed by atoms with van der Waals surface area (Å²) < 4.78 is 2.14. The number of aliphatic imine (C=N–C) groups is 1. The first-order valence-electron chi connectivity index (χ1n) is 6.47. The maximum absolute atomic E-state index is 4.21. The van der Waals surface area contributed by atoms with Crippen LogP contribution in [0.5, 0.6) is 0 Å². The Bertz CT molecular complexity index is 488. The maximum atomic E-state index is 4.21.